The van der Waals surface area contributed by atoms with E-state index in [0.717, 1.165) is 11.1 Å². The van der Waals surface area contributed by atoms with Crippen molar-refractivity contribution in [3.8, 4) is 11.4 Å². The molecule has 2 unspecified atom stereocenters. The molecular formula is C20H17ClN6O2. The van der Waals surface area contributed by atoms with E-state index in [9.17, 15) is 9.59 Å². The Kier molecular flexibility index (Phi) is 4.02. The number of halogens is 1. The van der Waals surface area contributed by atoms with Crippen LogP contribution in [0.5, 0.6) is 0 Å². The fraction of sp³-hybridized carbons (Fsp3) is 0.200. The summed E-state index contributed by atoms with van der Waals surface area (Å²) in [5.41, 5.74) is 1.84. The lowest BCUT2D eigenvalue weighted by atomic mass is 10.1. The highest BCUT2D eigenvalue weighted by atomic mass is 35.5. The van der Waals surface area contributed by atoms with Gasteiger partial charge < -0.3 is 9.80 Å². The summed E-state index contributed by atoms with van der Waals surface area (Å²) in [5.74, 6) is 0.811. The van der Waals surface area contributed by atoms with Crippen molar-refractivity contribution in [3.63, 3.8) is 0 Å². The van der Waals surface area contributed by atoms with Gasteiger partial charge in [-0.15, -0.1) is 10.2 Å². The first-order valence-corrected chi connectivity index (χ1v) is 9.51. The van der Waals surface area contributed by atoms with Crippen molar-refractivity contribution in [1.29, 1.82) is 0 Å². The van der Waals surface area contributed by atoms with Crippen LogP contribution in [0.1, 0.15) is 11.7 Å². The molecule has 9 heteroatoms. The molecule has 2 aromatic carbocycles. The van der Waals surface area contributed by atoms with Gasteiger partial charge in [-0.1, -0.05) is 54.1 Å². The van der Waals surface area contributed by atoms with Crippen molar-refractivity contribution in [1.82, 2.24) is 25.0 Å². The summed E-state index contributed by atoms with van der Waals surface area (Å²) < 4.78 is 1.87. The molecule has 2 atom stereocenters. The van der Waals surface area contributed by atoms with Crippen LogP contribution in [-0.4, -0.2) is 44.7 Å². The summed E-state index contributed by atoms with van der Waals surface area (Å²) in [5, 5.41) is 11.8. The van der Waals surface area contributed by atoms with E-state index in [1.54, 1.807) is 19.2 Å². The fourth-order valence-electron chi connectivity index (χ4n) is 3.94. The van der Waals surface area contributed by atoms with Gasteiger partial charge in [-0.2, -0.15) is 0 Å². The number of hydrogen-bond acceptors (Lipinski definition) is 5. The van der Waals surface area contributed by atoms with Gasteiger partial charge in [0.25, 0.3) is 5.91 Å². The number of nitrogens with one attached hydrogen (secondary N) is 1. The predicted octanol–water partition coefficient (Wildman–Crippen LogP) is 2.67. The average molecular weight is 409 g/mol. The molecule has 0 bridgehead atoms. The smallest absolute Gasteiger partial charge is 0.321 e. The zero-order valence-electron chi connectivity index (χ0n) is 15.5. The van der Waals surface area contributed by atoms with Crippen molar-refractivity contribution in [3.05, 3.63) is 65.2 Å². The van der Waals surface area contributed by atoms with E-state index in [1.807, 2.05) is 51.9 Å². The summed E-state index contributed by atoms with van der Waals surface area (Å²) in [6, 6.07) is 16.0. The molecule has 0 saturated carbocycles. The highest BCUT2D eigenvalue weighted by Gasteiger charge is 2.52. The molecule has 2 aliphatic rings. The predicted molar refractivity (Wildman–Crippen MR) is 107 cm³/mol. The number of aromatic nitrogens is 3. The van der Waals surface area contributed by atoms with Crippen LogP contribution in [0, 0.1) is 0 Å². The summed E-state index contributed by atoms with van der Waals surface area (Å²) in [7, 11) is 1.67. The molecular weight excluding hydrogens is 392 g/mol. The maximum Gasteiger partial charge on any atom is 0.325 e. The van der Waals surface area contributed by atoms with E-state index in [0.29, 0.717) is 23.3 Å². The summed E-state index contributed by atoms with van der Waals surface area (Å²) in [4.78, 5) is 28.6. The first-order valence-electron chi connectivity index (χ1n) is 9.13. The number of likely N-dealkylation sites (N-methyl/N-ethyl adjacent to an activating group) is 1. The average Bonchev–Trinajstić information content (AvgIpc) is 3.28. The molecule has 0 radical (unpaired) electrons. The molecule has 5 rings (SSSR count). The number of imide groups is 1. The van der Waals surface area contributed by atoms with E-state index in [4.69, 9.17) is 11.6 Å². The lowest BCUT2D eigenvalue weighted by Gasteiger charge is -2.37. The lowest BCUT2D eigenvalue weighted by Crippen LogP contribution is -2.61. The minimum atomic E-state index is -0.610. The second kappa shape index (κ2) is 6.59. The SMILES string of the molecule is CN1C(=O)NC(=O)C2C1n1c(-c3ccccc3)nnc1N2Cc1ccc(Cl)cc1. The van der Waals surface area contributed by atoms with E-state index >= 15 is 0 Å². The van der Waals surface area contributed by atoms with Crippen LogP contribution in [0.15, 0.2) is 54.6 Å². The number of nitrogens with zero attached hydrogens (tertiary/aromatic N) is 5. The summed E-state index contributed by atoms with van der Waals surface area (Å²) in [6.45, 7) is 0.431. The van der Waals surface area contributed by atoms with Crippen molar-refractivity contribution in [2.45, 2.75) is 18.8 Å². The Morgan fingerprint density at radius 2 is 1.76 bits per heavy atom. The molecule has 2 aliphatic heterocycles. The zero-order chi connectivity index (χ0) is 20.1. The lowest BCUT2D eigenvalue weighted by molar-refractivity contribution is -0.124. The zero-order valence-corrected chi connectivity index (χ0v) is 16.2. The van der Waals surface area contributed by atoms with E-state index in [1.165, 1.54) is 4.90 Å². The van der Waals surface area contributed by atoms with Gasteiger partial charge in [-0.3, -0.25) is 14.7 Å². The Labute approximate surface area is 171 Å². The standard InChI is InChI=1S/C20H17ClN6O2/c1-25-18-15(17(28)22-20(25)29)26(11-12-7-9-14(21)10-8-12)19-24-23-16(27(18)19)13-5-3-2-4-6-13/h2-10,15,18H,11H2,1H3,(H,22,28,29). The highest BCUT2D eigenvalue weighted by Crippen LogP contribution is 2.41. The van der Waals surface area contributed by atoms with Gasteiger partial charge in [-0.25, -0.2) is 4.79 Å². The molecule has 146 valence electrons. The van der Waals surface area contributed by atoms with Crippen LogP contribution in [0.4, 0.5) is 10.7 Å². The van der Waals surface area contributed by atoms with Gasteiger partial charge in [0.1, 0.15) is 6.17 Å². The molecule has 0 spiro atoms. The van der Waals surface area contributed by atoms with Gasteiger partial charge in [0.2, 0.25) is 5.95 Å². The number of benzene rings is 2. The number of fused-ring (bicyclic) bond motifs is 3. The molecule has 1 saturated heterocycles. The Morgan fingerprint density at radius 1 is 1.03 bits per heavy atom. The van der Waals surface area contributed by atoms with E-state index in [-0.39, 0.29) is 5.91 Å². The highest BCUT2D eigenvalue weighted by molar-refractivity contribution is 6.30. The fourth-order valence-corrected chi connectivity index (χ4v) is 4.06. The minimum absolute atomic E-state index is 0.350. The number of carbonyl (C=O) groups excluding carboxylic acids is 2. The second-order valence-corrected chi connectivity index (χ2v) is 7.51. The number of rotatable bonds is 3. The molecule has 8 nitrogen and oxygen atoms in total. The van der Waals surface area contributed by atoms with Crippen molar-refractivity contribution in [2.24, 2.45) is 0 Å². The van der Waals surface area contributed by atoms with Crippen molar-refractivity contribution in [2.75, 3.05) is 11.9 Å². The van der Waals surface area contributed by atoms with Crippen LogP contribution in [-0.2, 0) is 11.3 Å². The third-order valence-electron chi connectivity index (χ3n) is 5.33. The number of urea groups is 1. The van der Waals surface area contributed by atoms with Gasteiger partial charge in [0, 0.05) is 24.2 Å². The topological polar surface area (TPSA) is 83.4 Å². The monoisotopic (exact) mass is 408 g/mol. The number of anilines is 1. The van der Waals surface area contributed by atoms with E-state index in [2.05, 4.69) is 15.5 Å². The Bertz CT molecular complexity index is 1100. The van der Waals surface area contributed by atoms with Crippen LogP contribution in [0.25, 0.3) is 11.4 Å². The number of hydrogen-bond donors (Lipinski definition) is 1. The molecule has 0 aliphatic carbocycles. The van der Waals surface area contributed by atoms with Crippen LogP contribution in [0.3, 0.4) is 0 Å². The summed E-state index contributed by atoms with van der Waals surface area (Å²) in [6.07, 6.45) is -0.538. The quantitative estimate of drug-likeness (QED) is 0.720. The van der Waals surface area contributed by atoms with Crippen LogP contribution in [0.2, 0.25) is 5.02 Å². The van der Waals surface area contributed by atoms with Crippen LogP contribution < -0.4 is 10.2 Å². The molecule has 3 amide bonds. The first kappa shape index (κ1) is 17.7. The van der Waals surface area contributed by atoms with Gasteiger partial charge in [0.05, 0.1) is 0 Å². The molecule has 29 heavy (non-hydrogen) atoms. The number of amides is 3. The third kappa shape index (κ3) is 2.75. The molecule has 3 heterocycles. The maximum absolute atomic E-state index is 12.8. The third-order valence-corrected chi connectivity index (χ3v) is 5.58. The molecule has 3 aromatic rings. The number of carbonyl (C=O) groups is 2. The van der Waals surface area contributed by atoms with E-state index < -0.39 is 18.2 Å². The first-order chi connectivity index (χ1) is 14.0. The largest absolute Gasteiger partial charge is 0.325 e. The maximum atomic E-state index is 12.8. The van der Waals surface area contributed by atoms with Crippen LogP contribution >= 0.6 is 11.6 Å². The minimum Gasteiger partial charge on any atom is -0.321 e. The normalized spacial score (nSPS) is 20.5. The molecule has 1 fully saturated rings. The van der Waals surface area contributed by atoms with Gasteiger partial charge in [-0.05, 0) is 17.7 Å². The Hall–Kier alpha value is -3.39. The summed E-state index contributed by atoms with van der Waals surface area (Å²) >= 11 is 6.00. The Morgan fingerprint density at radius 3 is 2.48 bits per heavy atom. The van der Waals surface area contributed by atoms with Crippen molar-refractivity contribution < 1.29 is 9.59 Å². The van der Waals surface area contributed by atoms with Gasteiger partial charge >= 0.3 is 6.03 Å². The second-order valence-electron chi connectivity index (χ2n) is 7.08. The van der Waals surface area contributed by atoms with Gasteiger partial charge in [0.15, 0.2) is 11.9 Å². The molecule has 1 aromatic heterocycles. The van der Waals surface area contributed by atoms with Crippen molar-refractivity contribution >= 4 is 29.5 Å². The molecule has 1 N–H and O–H groups in total. The Balaban J connectivity index is 1.63.